The van der Waals surface area contributed by atoms with E-state index in [4.69, 9.17) is 16.3 Å². The number of fused-ring (bicyclic) bond motifs is 4. The maximum absolute atomic E-state index is 12.9. The zero-order valence-electron chi connectivity index (χ0n) is 19.7. The Kier molecular flexibility index (Phi) is 5.02. The molecule has 0 bridgehead atoms. The molecule has 2 aromatic heterocycles. The number of aromatic carboxylic acids is 1. The first-order valence-electron chi connectivity index (χ1n) is 11.6. The summed E-state index contributed by atoms with van der Waals surface area (Å²) in [4.78, 5) is 34.1. The summed E-state index contributed by atoms with van der Waals surface area (Å²) in [5, 5.41) is 12.3. The van der Waals surface area contributed by atoms with Gasteiger partial charge in [0.05, 0.1) is 30.1 Å². The number of benzene rings is 2. The number of dihydropyridines is 1. The minimum Gasteiger partial charge on any atom is -0.492 e. The number of allylic oxidation sites excluding steroid dienone is 1. The molecule has 1 amide bonds. The van der Waals surface area contributed by atoms with E-state index >= 15 is 0 Å². The van der Waals surface area contributed by atoms with Crippen molar-refractivity contribution in [3.8, 4) is 5.75 Å². The molecule has 2 aromatic carbocycles. The normalized spacial score (nSPS) is 18.1. The van der Waals surface area contributed by atoms with Crippen LogP contribution in [0.2, 0.25) is 5.15 Å². The van der Waals surface area contributed by atoms with Crippen molar-refractivity contribution in [2.75, 3.05) is 6.61 Å². The Bertz CT molecular complexity index is 1660. The molecule has 4 heterocycles. The van der Waals surface area contributed by atoms with E-state index < -0.39 is 17.8 Å². The van der Waals surface area contributed by atoms with E-state index in [2.05, 4.69) is 23.8 Å². The van der Waals surface area contributed by atoms with Gasteiger partial charge >= 0.3 is 5.97 Å². The Balaban J connectivity index is 1.66. The molecule has 0 radical (unpaired) electrons. The second-order valence-electron chi connectivity index (χ2n) is 9.77. The van der Waals surface area contributed by atoms with Gasteiger partial charge < -0.3 is 14.4 Å². The van der Waals surface area contributed by atoms with Crippen molar-refractivity contribution in [1.29, 1.82) is 0 Å². The number of hydrogen-bond acceptors (Lipinski definition) is 4. The quantitative estimate of drug-likeness (QED) is 0.374. The number of aromatic nitrogens is 2. The van der Waals surface area contributed by atoms with Crippen LogP contribution in [-0.4, -0.2) is 39.4 Å². The molecule has 4 aromatic rings. The van der Waals surface area contributed by atoms with Crippen LogP contribution in [0.4, 0.5) is 0 Å². The SMILES string of the molecule is CC1(C)COc2c1ccc1c2c(C2C=CC=NC2=O)c(C(=O)O)n1Cc1cc2ccccc2nc1Cl. The molecule has 1 unspecified atom stereocenters. The summed E-state index contributed by atoms with van der Waals surface area (Å²) in [6.07, 6.45) is 4.77. The smallest absolute Gasteiger partial charge is 0.352 e. The average Bonchev–Trinajstić information content (AvgIpc) is 3.34. The molecule has 0 saturated carbocycles. The van der Waals surface area contributed by atoms with Gasteiger partial charge in [-0.2, -0.15) is 0 Å². The minimum absolute atomic E-state index is 0.0102. The highest BCUT2D eigenvalue weighted by atomic mass is 35.5. The van der Waals surface area contributed by atoms with Gasteiger partial charge in [-0.05, 0) is 24.3 Å². The molecule has 2 aliphatic rings. The van der Waals surface area contributed by atoms with Crippen LogP contribution in [0.1, 0.15) is 46.9 Å². The van der Waals surface area contributed by atoms with Gasteiger partial charge in [0.25, 0.3) is 5.91 Å². The highest BCUT2D eigenvalue weighted by molar-refractivity contribution is 6.30. The fraction of sp³-hybridized carbons (Fsp3) is 0.214. The topological polar surface area (TPSA) is 93.8 Å². The zero-order chi connectivity index (χ0) is 25.2. The van der Waals surface area contributed by atoms with Crippen molar-refractivity contribution in [2.45, 2.75) is 31.7 Å². The van der Waals surface area contributed by atoms with E-state index in [1.165, 1.54) is 6.21 Å². The first-order chi connectivity index (χ1) is 17.3. The third kappa shape index (κ3) is 3.34. The second-order valence-corrected chi connectivity index (χ2v) is 10.1. The first kappa shape index (κ1) is 22.5. The Morgan fingerprint density at radius 2 is 2.06 bits per heavy atom. The standard InChI is InChI=1S/C28H22ClN3O4/c1-28(2)14-36-24-18(28)9-10-20-22(24)21(17-7-5-11-30-26(17)33)23(27(34)35)32(20)13-16-12-15-6-3-4-8-19(15)31-25(16)29/h3-12,17H,13-14H2,1-2H3,(H,34,35). The number of hydrogen-bond donors (Lipinski definition) is 1. The Labute approximate surface area is 211 Å². The third-order valence-electron chi connectivity index (χ3n) is 6.98. The summed E-state index contributed by atoms with van der Waals surface area (Å²) < 4.78 is 7.85. The van der Waals surface area contributed by atoms with Crippen molar-refractivity contribution in [3.63, 3.8) is 0 Å². The Hall–Kier alpha value is -3.97. The number of pyridine rings is 1. The summed E-state index contributed by atoms with van der Waals surface area (Å²) in [6, 6.07) is 13.4. The van der Waals surface area contributed by atoms with Crippen molar-refractivity contribution < 1.29 is 19.4 Å². The third-order valence-corrected chi connectivity index (χ3v) is 7.30. The lowest BCUT2D eigenvalue weighted by molar-refractivity contribution is -0.118. The number of para-hydroxylation sites is 1. The molecule has 1 atom stereocenters. The van der Waals surface area contributed by atoms with Gasteiger partial charge in [-0.1, -0.05) is 55.8 Å². The Morgan fingerprint density at radius 3 is 2.83 bits per heavy atom. The van der Waals surface area contributed by atoms with Crippen LogP contribution < -0.4 is 4.74 Å². The van der Waals surface area contributed by atoms with Gasteiger partial charge in [-0.25, -0.2) is 14.8 Å². The molecular formula is C28H22ClN3O4. The maximum atomic E-state index is 12.9. The number of ether oxygens (including phenoxy) is 1. The molecule has 7 nitrogen and oxygen atoms in total. The maximum Gasteiger partial charge on any atom is 0.352 e. The minimum atomic E-state index is -1.15. The number of carboxylic acid groups (broad SMARTS) is 1. The predicted octanol–water partition coefficient (Wildman–Crippen LogP) is 5.51. The van der Waals surface area contributed by atoms with Crippen LogP contribution >= 0.6 is 11.6 Å². The number of carboxylic acids is 1. The lowest BCUT2D eigenvalue weighted by Crippen LogP contribution is -2.18. The summed E-state index contributed by atoms with van der Waals surface area (Å²) >= 11 is 6.57. The highest BCUT2D eigenvalue weighted by Crippen LogP contribution is 2.48. The van der Waals surface area contributed by atoms with E-state index in [0.717, 1.165) is 16.5 Å². The average molecular weight is 500 g/mol. The van der Waals surface area contributed by atoms with E-state index in [-0.39, 0.29) is 17.7 Å². The van der Waals surface area contributed by atoms with Gasteiger partial charge in [-0.15, -0.1) is 0 Å². The van der Waals surface area contributed by atoms with Gasteiger partial charge in [0.15, 0.2) is 0 Å². The number of amides is 1. The lowest BCUT2D eigenvalue weighted by atomic mass is 9.85. The van der Waals surface area contributed by atoms with Crippen molar-refractivity contribution in [3.05, 3.63) is 82.2 Å². The number of rotatable bonds is 4. The monoisotopic (exact) mass is 499 g/mol. The van der Waals surface area contributed by atoms with Gasteiger partial charge in [0.2, 0.25) is 0 Å². The van der Waals surface area contributed by atoms with E-state index in [1.54, 1.807) is 16.7 Å². The summed E-state index contributed by atoms with van der Waals surface area (Å²) in [6.45, 7) is 4.78. The molecule has 0 fully saturated rings. The predicted molar refractivity (Wildman–Crippen MR) is 139 cm³/mol. The van der Waals surface area contributed by atoms with Crippen LogP contribution in [0.5, 0.6) is 5.75 Å². The molecular weight excluding hydrogens is 478 g/mol. The zero-order valence-corrected chi connectivity index (χ0v) is 20.4. The number of halogens is 1. The van der Waals surface area contributed by atoms with Crippen molar-refractivity contribution >= 4 is 51.5 Å². The summed E-state index contributed by atoms with van der Waals surface area (Å²) in [5.41, 5.74) is 3.21. The van der Waals surface area contributed by atoms with Crippen molar-refractivity contribution in [2.24, 2.45) is 4.99 Å². The molecule has 180 valence electrons. The molecule has 1 N–H and O–H groups in total. The van der Waals surface area contributed by atoms with Crippen LogP contribution in [0.15, 0.2) is 59.6 Å². The number of carbonyl (C=O) groups is 2. The fourth-order valence-electron chi connectivity index (χ4n) is 5.23. The number of aliphatic imine (C=N–C) groups is 1. The van der Waals surface area contributed by atoms with Crippen LogP contribution in [0.25, 0.3) is 21.8 Å². The van der Waals surface area contributed by atoms with Gasteiger partial charge in [-0.3, -0.25) is 4.79 Å². The van der Waals surface area contributed by atoms with Gasteiger partial charge in [0.1, 0.15) is 16.6 Å². The lowest BCUT2D eigenvalue weighted by Gasteiger charge is -2.15. The first-order valence-corrected chi connectivity index (χ1v) is 12.0. The molecule has 0 saturated heterocycles. The Morgan fingerprint density at radius 1 is 1.25 bits per heavy atom. The summed E-state index contributed by atoms with van der Waals surface area (Å²) in [7, 11) is 0. The molecule has 6 rings (SSSR count). The molecule has 0 aliphatic carbocycles. The number of carbonyl (C=O) groups excluding carboxylic acids is 1. The van der Waals surface area contributed by atoms with E-state index in [9.17, 15) is 14.7 Å². The largest absolute Gasteiger partial charge is 0.492 e. The van der Waals surface area contributed by atoms with Gasteiger partial charge in [0, 0.05) is 39.1 Å². The summed E-state index contributed by atoms with van der Waals surface area (Å²) in [5.74, 6) is -1.78. The number of nitrogens with zero attached hydrogens (tertiary/aromatic N) is 3. The van der Waals surface area contributed by atoms with E-state index in [0.29, 0.717) is 39.5 Å². The van der Waals surface area contributed by atoms with Crippen LogP contribution in [0.3, 0.4) is 0 Å². The molecule has 36 heavy (non-hydrogen) atoms. The van der Waals surface area contributed by atoms with Crippen LogP contribution in [0, 0.1) is 0 Å². The second kappa shape index (κ2) is 8.03. The molecule has 0 spiro atoms. The highest BCUT2D eigenvalue weighted by Gasteiger charge is 2.39. The molecule has 8 heteroatoms. The van der Waals surface area contributed by atoms with Crippen molar-refractivity contribution in [1.82, 2.24) is 9.55 Å². The van der Waals surface area contributed by atoms with E-state index in [1.807, 2.05) is 42.5 Å². The fourth-order valence-corrected chi connectivity index (χ4v) is 5.44. The van der Waals surface area contributed by atoms with Crippen LogP contribution in [-0.2, 0) is 16.8 Å². The molecule has 2 aliphatic heterocycles.